The van der Waals surface area contributed by atoms with Crippen LogP contribution in [0.5, 0.6) is 0 Å². The van der Waals surface area contributed by atoms with Gasteiger partial charge in [0.2, 0.25) is 0 Å². The highest BCUT2D eigenvalue weighted by Crippen LogP contribution is 2.09. The second kappa shape index (κ2) is 6.25. The van der Waals surface area contributed by atoms with E-state index < -0.39 is 0 Å². The van der Waals surface area contributed by atoms with E-state index >= 15 is 0 Å². The van der Waals surface area contributed by atoms with Crippen molar-refractivity contribution in [2.75, 3.05) is 13.7 Å². The summed E-state index contributed by atoms with van der Waals surface area (Å²) in [4.78, 5) is 11.1. The molecule has 16 heavy (non-hydrogen) atoms. The summed E-state index contributed by atoms with van der Waals surface area (Å²) < 4.78 is 4.66. The van der Waals surface area contributed by atoms with Crippen LogP contribution in [0.1, 0.15) is 12.5 Å². The second-order valence-corrected chi connectivity index (χ2v) is 3.61. The van der Waals surface area contributed by atoms with Crippen LogP contribution in [0, 0.1) is 0 Å². The van der Waals surface area contributed by atoms with Crippen molar-refractivity contribution in [3.05, 3.63) is 34.9 Å². The van der Waals surface area contributed by atoms with Crippen molar-refractivity contribution in [1.29, 1.82) is 0 Å². The molecule has 0 aliphatic rings. The van der Waals surface area contributed by atoms with Crippen LogP contribution < -0.4 is 5.43 Å². The number of halogens is 1. The average Bonchev–Trinajstić information content (AvgIpc) is 2.27. The van der Waals surface area contributed by atoms with E-state index in [2.05, 4.69) is 15.3 Å². The van der Waals surface area contributed by atoms with Crippen LogP contribution in [0.25, 0.3) is 0 Å². The third kappa shape index (κ3) is 4.00. The molecule has 0 aliphatic heterocycles. The minimum Gasteiger partial charge on any atom is -0.375 e. The van der Waals surface area contributed by atoms with Crippen LogP contribution in [0.4, 0.5) is 0 Å². The van der Waals surface area contributed by atoms with E-state index in [0.29, 0.717) is 10.7 Å². The number of hydrogen-bond acceptors (Lipinski definition) is 3. The number of methoxy groups -OCH3 is 1. The standard InChI is InChI=1S/C11H13ClN2O2/c1-8(13-14-11(15)7-16-2)9-3-5-10(12)6-4-9/h3-6H,7H2,1-2H3,(H,14,15). The highest BCUT2D eigenvalue weighted by molar-refractivity contribution is 6.30. The molecular formula is C11H13ClN2O2. The molecule has 0 bridgehead atoms. The Morgan fingerprint density at radius 1 is 1.44 bits per heavy atom. The number of benzene rings is 1. The van der Waals surface area contributed by atoms with Crippen molar-refractivity contribution in [2.24, 2.45) is 5.10 Å². The van der Waals surface area contributed by atoms with E-state index in [1.54, 1.807) is 19.1 Å². The van der Waals surface area contributed by atoms with Crippen molar-refractivity contribution in [3.63, 3.8) is 0 Å². The van der Waals surface area contributed by atoms with Crippen LogP contribution >= 0.6 is 11.6 Å². The molecule has 0 spiro atoms. The number of nitrogens with one attached hydrogen (secondary N) is 1. The fourth-order valence-electron chi connectivity index (χ4n) is 1.07. The van der Waals surface area contributed by atoms with Crippen molar-refractivity contribution < 1.29 is 9.53 Å². The molecule has 1 aromatic rings. The van der Waals surface area contributed by atoms with Gasteiger partial charge in [0, 0.05) is 12.1 Å². The normalized spacial score (nSPS) is 11.3. The molecule has 0 unspecified atom stereocenters. The fourth-order valence-corrected chi connectivity index (χ4v) is 1.19. The molecule has 0 atom stereocenters. The maximum absolute atomic E-state index is 11.1. The Kier molecular flexibility index (Phi) is 4.95. The number of hydrogen-bond donors (Lipinski definition) is 1. The number of amides is 1. The minimum atomic E-state index is -0.282. The quantitative estimate of drug-likeness (QED) is 0.645. The van der Waals surface area contributed by atoms with Crippen molar-refractivity contribution in [2.45, 2.75) is 6.92 Å². The monoisotopic (exact) mass is 240 g/mol. The molecular weight excluding hydrogens is 228 g/mol. The lowest BCUT2D eigenvalue weighted by Gasteiger charge is -2.02. The smallest absolute Gasteiger partial charge is 0.266 e. The Balaban J connectivity index is 2.63. The number of rotatable bonds is 4. The summed E-state index contributed by atoms with van der Waals surface area (Å²) in [5, 5.41) is 4.60. The lowest BCUT2D eigenvalue weighted by atomic mass is 10.1. The molecule has 0 fully saturated rings. The van der Waals surface area contributed by atoms with Crippen LogP contribution in [0.15, 0.2) is 29.4 Å². The molecule has 0 heterocycles. The number of nitrogens with zero attached hydrogens (tertiary/aromatic N) is 1. The Labute approximate surface area is 99.2 Å². The Hall–Kier alpha value is -1.39. The first kappa shape index (κ1) is 12.7. The third-order valence-corrected chi connectivity index (χ3v) is 2.14. The second-order valence-electron chi connectivity index (χ2n) is 3.17. The van der Waals surface area contributed by atoms with E-state index in [9.17, 15) is 4.79 Å². The lowest BCUT2D eigenvalue weighted by molar-refractivity contribution is -0.124. The predicted molar refractivity (Wildman–Crippen MR) is 63.7 cm³/mol. The number of carbonyl (C=O) groups is 1. The van der Waals surface area contributed by atoms with Gasteiger partial charge in [0.15, 0.2) is 0 Å². The number of carbonyl (C=O) groups excluding carboxylic acids is 1. The van der Waals surface area contributed by atoms with Crippen LogP contribution in [-0.2, 0) is 9.53 Å². The topological polar surface area (TPSA) is 50.7 Å². The third-order valence-electron chi connectivity index (χ3n) is 1.89. The van der Waals surface area contributed by atoms with Gasteiger partial charge < -0.3 is 4.74 Å². The summed E-state index contributed by atoms with van der Waals surface area (Å²) in [5.74, 6) is -0.282. The highest BCUT2D eigenvalue weighted by Gasteiger charge is 2.00. The first-order valence-electron chi connectivity index (χ1n) is 4.71. The first-order chi connectivity index (χ1) is 7.63. The summed E-state index contributed by atoms with van der Waals surface area (Å²) in [6, 6.07) is 7.22. The van der Waals surface area contributed by atoms with Gasteiger partial charge in [-0.25, -0.2) is 5.43 Å². The van der Waals surface area contributed by atoms with Gasteiger partial charge in [0.1, 0.15) is 6.61 Å². The van der Waals surface area contributed by atoms with Crippen LogP contribution in [-0.4, -0.2) is 25.3 Å². The van der Waals surface area contributed by atoms with Crippen LogP contribution in [0.2, 0.25) is 5.02 Å². The molecule has 1 amide bonds. The van der Waals surface area contributed by atoms with E-state index in [0.717, 1.165) is 5.56 Å². The van der Waals surface area contributed by atoms with Crippen LogP contribution in [0.3, 0.4) is 0 Å². The summed E-state index contributed by atoms with van der Waals surface area (Å²) in [6.45, 7) is 1.80. The molecule has 1 N–H and O–H groups in total. The molecule has 0 radical (unpaired) electrons. The molecule has 1 aromatic carbocycles. The minimum absolute atomic E-state index is 0.00258. The fraction of sp³-hybridized carbons (Fsp3) is 0.273. The first-order valence-corrected chi connectivity index (χ1v) is 5.09. The summed E-state index contributed by atoms with van der Waals surface area (Å²) in [5.41, 5.74) is 4.00. The molecule has 86 valence electrons. The van der Waals surface area contributed by atoms with Crippen molar-refractivity contribution in [1.82, 2.24) is 5.43 Å². The summed E-state index contributed by atoms with van der Waals surface area (Å²) in [6.07, 6.45) is 0. The molecule has 0 aliphatic carbocycles. The molecule has 4 nitrogen and oxygen atoms in total. The van der Waals surface area contributed by atoms with E-state index in [-0.39, 0.29) is 12.5 Å². The Bertz CT molecular complexity index is 387. The van der Waals surface area contributed by atoms with E-state index in [4.69, 9.17) is 11.6 Å². The van der Waals surface area contributed by atoms with Gasteiger partial charge in [-0.1, -0.05) is 23.7 Å². The number of hydrazone groups is 1. The zero-order chi connectivity index (χ0) is 12.0. The molecule has 0 aromatic heterocycles. The van der Waals surface area contributed by atoms with Crippen molar-refractivity contribution >= 4 is 23.2 Å². The predicted octanol–water partition coefficient (Wildman–Crippen LogP) is 1.83. The Morgan fingerprint density at radius 3 is 2.62 bits per heavy atom. The Morgan fingerprint density at radius 2 is 2.06 bits per heavy atom. The van der Waals surface area contributed by atoms with Gasteiger partial charge in [-0.3, -0.25) is 4.79 Å². The van der Waals surface area contributed by atoms with Gasteiger partial charge in [-0.15, -0.1) is 0 Å². The van der Waals surface area contributed by atoms with Gasteiger partial charge in [-0.2, -0.15) is 5.10 Å². The molecule has 0 saturated carbocycles. The molecule has 5 heteroatoms. The van der Waals surface area contributed by atoms with Gasteiger partial charge in [-0.05, 0) is 24.6 Å². The maximum atomic E-state index is 11.1. The van der Waals surface area contributed by atoms with Crippen molar-refractivity contribution in [3.8, 4) is 0 Å². The van der Waals surface area contributed by atoms with Gasteiger partial charge >= 0.3 is 0 Å². The van der Waals surface area contributed by atoms with Gasteiger partial charge in [0.25, 0.3) is 5.91 Å². The van der Waals surface area contributed by atoms with Gasteiger partial charge in [0.05, 0.1) is 5.71 Å². The highest BCUT2D eigenvalue weighted by atomic mass is 35.5. The molecule has 0 saturated heterocycles. The summed E-state index contributed by atoms with van der Waals surface area (Å²) >= 11 is 5.76. The zero-order valence-corrected chi connectivity index (χ0v) is 9.91. The van der Waals surface area contributed by atoms with E-state index in [1.165, 1.54) is 7.11 Å². The SMILES string of the molecule is COCC(=O)NN=C(C)c1ccc(Cl)cc1. The summed E-state index contributed by atoms with van der Waals surface area (Å²) in [7, 11) is 1.45. The number of ether oxygens (including phenoxy) is 1. The maximum Gasteiger partial charge on any atom is 0.266 e. The lowest BCUT2D eigenvalue weighted by Crippen LogP contribution is -2.23. The van der Waals surface area contributed by atoms with E-state index in [1.807, 2.05) is 12.1 Å². The zero-order valence-electron chi connectivity index (χ0n) is 9.16. The average molecular weight is 241 g/mol. The largest absolute Gasteiger partial charge is 0.375 e. The molecule has 1 rings (SSSR count).